The molecule has 1 aromatic rings. The first-order valence-corrected chi connectivity index (χ1v) is 10.1. The van der Waals surface area contributed by atoms with E-state index in [0.717, 1.165) is 0 Å². The summed E-state index contributed by atoms with van der Waals surface area (Å²) in [7, 11) is 0. The second-order valence-corrected chi connectivity index (χ2v) is 8.97. The minimum Gasteiger partial charge on any atom is -0.462 e. The monoisotopic (exact) mass is 408 g/mol. The maximum Gasteiger partial charge on any atom is 0.410 e. The Bertz CT molecular complexity index is 715. The number of hydrogen-bond acceptors (Lipinski definition) is 5. The van der Waals surface area contributed by atoms with Crippen LogP contribution in [0.15, 0.2) is 24.3 Å². The predicted molar refractivity (Wildman–Crippen MR) is 109 cm³/mol. The Morgan fingerprint density at radius 3 is 2.17 bits per heavy atom. The molecule has 1 heterocycles. The second-order valence-electron chi connectivity index (χ2n) is 8.97. The van der Waals surface area contributed by atoms with E-state index in [0.29, 0.717) is 18.7 Å². The Labute approximate surface area is 172 Å². The van der Waals surface area contributed by atoms with Crippen molar-refractivity contribution in [3.05, 3.63) is 35.6 Å². The lowest BCUT2D eigenvalue weighted by Crippen LogP contribution is -2.60. The number of carbonyl (C=O) groups is 2. The molecule has 1 fully saturated rings. The fourth-order valence-electron chi connectivity index (χ4n) is 3.49. The van der Waals surface area contributed by atoms with E-state index >= 15 is 0 Å². The van der Waals surface area contributed by atoms with Gasteiger partial charge in [0.05, 0.1) is 6.10 Å². The molecule has 0 bridgehead atoms. The first kappa shape index (κ1) is 23.1. The molecule has 0 N–H and O–H groups in total. The van der Waals surface area contributed by atoms with Crippen LogP contribution in [0.4, 0.5) is 9.18 Å². The number of hydrogen-bond donors (Lipinski definition) is 0. The van der Waals surface area contributed by atoms with E-state index in [1.54, 1.807) is 30.9 Å². The molecule has 1 amide bonds. The Morgan fingerprint density at radius 1 is 1.07 bits per heavy atom. The van der Waals surface area contributed by atoms with E-state index in [2.05, 4.69) is 0 Å². The smallest absolute Gasteiger partial charge is 0.410 e. The summed E-state index contributed by atoms with van der Waals surface area (Å²) in [6.07, 6.45) is -0.624. The minimum atomic E-state index is -0.670. The highest BCUT2D eigenvalue weighted by atomic mass is 19.1. The highest BCUT2D eigenvalue weighted by Gasteiger charge is 2.40. The Morgan fingerprint density at radius 2 is 1.66 bits per heavy atom. The number of carbonyl (C=O) groups excluding carboxylic acids is 2. The minimum absolute atomic E-state index is 0.117. The molecule has 7 heteroatoms. The first-order valence-electron chi connectivity index (χ1n) is 10.1. The van der Waals surface area contributed by atoms with Crippen molar-refractivity contribution in [3.8, 4) is 0 Å². The molecule has 0 radical (unpaired) electrons. The lowest BCUT2D eigenvalue weighted by atomic mass is 9.99. The van der Waals surface area contributed by atoms with Gasteiger partial charge in [0.1, 0.15) is 17.5 Å². The van der Waals surface area contributed by atoms with Gasteiger partial charge >= 0.3 is 12.1 Å². The third-order valence-electron chi connectivity index (χ3n) is 4.75. The molecule has 1 aliphatic heterocycles. The van der Waals surface area contributed by atoms with Crippen LogP contribution in [0.2, 0.25) is 0 Å². The molecule has 6 nitrogen and oxygen atoms in total. The molecule has 1 aliphatic rings. The van der Waals surface area contributed by atoms with E-state index in [4.69, 9.17) is 9.47 Å². The topological polar surface area (TPSA) is 59.1 Å². The van der Waals surface area contributed by atoms with Crippen molar-refractivity contribution < 1.29 is 23.5 Å². The summed E-state index contributed by atoms with van der Waals surface area (Å²) in [6, 6.07) is 4.96. The van der Waals surface area contributed by atoms with Crippen LogP contribution < -0.4 is 0 Å². The van der Waals surface area contributed by atoms with E-state index in [-0.39, 0.29) is 36.1 Å². The highest BCUT2D eigenvalue weighted by Crippen LogP contribution is 2.30. The fourth-order valence-corrected chi connectivity index (χ4v) is 3.49. The van der Waals surface area contributed by atoms with Gasteiger partial charge in [-0.25, -0.2) is 14.0 Å². The van der Waals surface area contributed by atoms with E-state index in [1.165, 1.54) is 12.1 Å². The van der Waals surface area contributed by atoms with Gasteiger partial charge in [0.25, 0.3) is 0 Å². The first-order chi connectivity index (χ1) is 13.4. The van der Waals surface area contributed by atoms with Crippen molar-refractivity contribution in [2.24, 2.45) is 0 Å². The number of ether oxygens (including phenoxy) is 2. The summed E-state index contributed by atoms with van der Waals surface area (Å²) >= 11 is 0. The summed E-state index contributed by atoms with van der Waals surface area (Å²) in [6.45, 7) is 13.9. The maximum atomic E-state index is 13.4. The zero-order chi connectivity index (χ0) is 21.9. The molecular formula is C22H33FN2O4. The number of nitrogens with zero attached hydrogens (tertiary/aromatic N) is 2. The molecule has 0 saturated carbocycles. The number of piperazine rings is 1. The number of rotatable bonds is 4. The zero-order valence-electron chi connectivity index (χ0n) is 18.4. The molecule has 1 unspecified atom stereocenters. The van der Waals surface area contributed by atoms with Crippen LogP contribution >= 0.6 is 0 Å². The number of benzene rings is 1. The third kappa shape index (κ3) is 6.16. The van der Waals surface area contributed by atoms with Crippen LogP contribution in [-0.4, -0.2) is 58.7 Å². The Hall–Kier alpha value is -2.15. The average Bonchev–Trinajstić information content (AvgIpc) is 2.57. The Kier molecular flexibility index (Phi) is 7.27. The van der Waals surface area contributed by atoms with Gasteiger partial charge < -0.3 is 14.4 Å². The predicted octanol–water partition coefficient (Wildman–Crippen LogP) is 4.15. The van der Waals surface area contributed by atoms with E-state index in [9.17, 15) is 14.0 Å². The van der Waals surface area contributed by atoms with Gasteiger partial charge in [-0.3, -0.25) is 4.90 Å². The van der Waals surface area contributed by atoms with Gasteiger partial charge in [0.2, 0.25) is 0 Å². The molecule has 1 saturated heterocycles. The highest BCUT2D eigenvalue weighted by molar-refractivity contribution is 5.78. The summed E-state index contributed by atoms with van der Waals surface area (Å²) < 4.78 is 24.4. The lowest BCUT2D eigenvalue weighted by Gasteiger charge is -2.46. The summed E-state index contributed by atoms with van der Waals surface area (Å²) in [4.78, 5) is 29.2. The van der Waals surface area contributed by atoms with Gasteiger partial charge in [0.15, 0.2) is 0 Å². The second kappa shape index (κ2) is 9.11. The quantitative estimate of drug-likeness (QED) is 0.701. The van der Waals surface area contributed by atoms with E-state index < -0.39 is 11.6 Å². The molecule has 0 spiro atoms. The molecular weight excluding hydrogens is 375 g/mol. The van der Waals surface area contributed by atoms with Crippen LogP contribution in [-0.2, 0) is 14.3 Å². The average molecular weight is 409 g/mol. The molecule has 2 rings (SSSR count). The van der Waals surface area contributed by atoms with Crippen molar-refractivity contribution in [2.45, 2.75) is 78.3 Å². The van der Waals surface area contributed by atoms with Gasteiger partial charge in [-0.1, -0.05) is 12.1 Å². The summed E-state index contributed by atoms with van der Waals surface area (Å²) in [5.41, 5.74) is 0.0938. The molecule has 0 aromatic heterocycles. The molecule has 0 aliphatic carbocycles. The summed E-state index contributed by atoms with van der Waals surface area (Å²) in [5, 5.41) is 0. The molecule has 3 atom stereocenters. The lowest BCUT2D eigenvalue weighted by molar-refractivity contribution is -0.157. The summed E-state index contributed by atoms with van der Waals surface area (Å²) in [5.74, 6) is -0.739. The fraction of sp³-hybridized carbons (Fsp3) is 0.636. The van der Waals surface area contributed by atoms with Crippen molar-refractivity contribution in [3.63, 3.8) is 0 Å². The van der Waals surface area contributed by atoms with Crippen LogP contribution in [0.25, 0.3) is 0 Å². The van der Waals surface area contributed by atoms with Gasteiger partial charge in [-0.2, -0.15) is 0 Å². The Balaban J connectivity index is 2.27. The van der Waals surface area contributed by atoms with Crippen LogP contribution in [0.5, 0.6) is 0 Å². The van der Waals surface area contributed by atoms with Gasteiger partial charge in [-0.05, 0) is 66.2 Å². The molecule has 29 heavy (non-hydrogen) atoms. The van der Waals surface area contributed by atoms with Gasteiger partial charge in [0, 0.05) is 25.2 Å². The van der Waals surface area contributed by atoms with Gasteiger partial charge in [-0.15, -0.1) is 0 Å². The molecule has 162 valence electrons. The van der Waals surface area contributed by atoms with Crippen LogP contribution in [0, 0.1) is 5.82 Å². The van der Waals surface area contributed by atoms with Crippen molar-refractivity contribution in [1.82, 2.24) is 9.80 Å². The normalized spacial score (nSPS) is 21.8. The number of amides is 1. The van der Waals surface area contributed by atoms with Crippen molar-refractivity contribution in [2.75, 3.05) is 13.1 Å². The maximum absolute atomic E-state index is 13.4. The van der Waals surface area contributed by atoms with Crippen molar-refractivity contribution in [1.29, 1.82) is 0 Å². The SMILES string of the molecule is CC(C)OC(=O)C(c1ccc(F)cc1)N1C[C@H](C)N(C(=O)OC(C)(C)C)C[C@H]1C. The third-order valence-corrected chi connectivity index (χ3v) is 4.75. The zero-order valence-corrected chi connectivity index (χ0v) is 18.4. The number of esters is 1. The van der Waals surface area contributed by atoms with Crippen LogP contribution in [0.1, 0.15) is 60.1 Å². The standard InChI is InChI=1S/C22H33FN2O4/c1-14(2)28-20(26)19(17-8-10-18(23)11-9-17)24-12-16(4)25(13-15(24)3)21(27)29-22(5,6)7/h8-11,14-16,19H,12-13H2,1-7H3/t15-,16+,19?/m1/s1. The largest absolute Gasteiger partial charge is 0.462 e. The number of halogens is 1. The van der Waals surface area contributed by atoms with E-state index in [1.807, 2.05) is 39.5 Å². The van der Waals surface area contributed by atoms with Crippen LogP contribution in [0.3, 0.4) is 0 Å². The molecule has 1 aromatic carbocycles. The van der Waals surface area contributed by atoms with Crippen molar-refractivity contribution >= 4 is 12.1 Å².